The number of nitrogens with one attached hydrogen (secondary N) is 3. The maximum atomic E-state index is 12.0. The van der Waals surface area contributed by atoms with Crippen LogP contribution in [0.25, 0.3) is 0 Å². The molecule has 1 aliphatic carbocycles. The molecule has 144 valence electrons. The van der Waals surface area contributed by atoms with Gasteiger partial charge in [0.25, 0.3) is 5.91 Å². The molecule has 0 aromatic heterocycles. The molecule has 0 aliphatic heterocycles. The van der Waals surface area contributed by atoms with Crippen LogP contribution >= 0.6 is 12.2 Å². The minimum atomic E-state index is -3.21. The van der Waals surface area contributed by atoms with E-state index in [1.54, 1.807) is 38.1 Å². The van der Waals surface area contributed by atoms with E-state index in [-0.39, 0.29) is 11.9 Å². The monoisotopic (exact) mass is 397 g/mol. The van der Waals surface area contributed by atoms with E-state index in [2.05, 4.69) is 15.4 Å². The van der Waals surface area contributed by atoms with Crippen LogP contribution in [0.3, 0.4) is 0 Å². The third kappa shape index (κ3) is 6.34. The first-order valence-corrected chi connectivity index (χ1v) is 10.9. The second-order valence-corrected chi connectivity index (χ2v) is 9.64. The van der Waals surface area contributed by atoms with E-state index in [0.29, 0.717) is 23.1 Å². The largest absolute Gasteiger partial charge is 0.362 e. The Hall–Kier alpha value is -1.51. The summed E-state index contributed by atoms with van der Waals surface area (Å²) in [5, 5.41) is 5.68. The number of hydrogen-bond acceptors (Lipinski definition) is 4. The van der Waals surface area contributed by atoms with Gasteiger partial charge in [-0.2, -0.15) is 0 Å². The van der Waals surface area contributed by atoms with Gasteiger partial charge in [0.2, 0.25) is 10.0 Å². The van der Waals surface area contributed by atoms with Crippen molar-refractivity contribution in [1.82, 2.24) is 15.4 Å². The number of carbonyl (C=O) groups is 1. The van der Waals surface area contributed by atoms with Crippen LogP contribution in [0.15, 0.2) is 30.3 Å². The fraction of sp³-hybridized carbons (Fsp3) is 0.556. The molecule has 2 rings (SSSR count). The van der Waals surface area contributed by atoms with Gasteiger partial charge < -0.3 is 5.32 Å². The van der Waals surface area contributed by atoms with Crippen molar-refractivity contribution in [2.24, 2.45) is 5.92 Å². The molecule has 1 aromatic rings. The smallest absolute Gasteiger partial charge is 0.257 e. The third-order valence-corrected chi connectivity index (χ3v) is 6.76. The quantitative estimate of drug-likeness (QED) is 0.641. The first kappa shape index (κ1) is 20.8. The Balaban J connectivity index is 1.70. The Morgan fingerprint density at radius 1 is 1.15 bits per heavy atom. The molecular formula is C18H27N3O3S2. The van der Waals surface area contributed by atoms with Crippen molar-refractivity contribution in [1.29, 1.82) is 0 Å². The number of amides is 1. The standard InChI is InChI=1S/C18H27N3O3S2/c1-13(2)26(23,24)21-16-10-8-14(9-11-16)12-19-18(25)20-17(22)15-6-4-3-5-7-15/h3-7,13-14,16,21H,8-12H2,1-2H3,(H2,19,20,22,25)/t14-,16-. The van der Waals surface area contributed by atoms with Crippen LogP contribution in [0.1, 0.15) is 49.9 Å². The molecule has 0 unspecified atom stereocenters. The number of sulfonamides is 1. The third-order valence-electron chi connectivity index (χ3n) is 4.61. The molecule has 1 saturated carbocycles. The molecule has 1 fully saturated rings. The lowest BCUT2D eigenvalue weighted by Gasteiger charge is -2.29. The molecule has 0 atom stereocenters. The Morgan fingerprint density at radius 3 is 2.35 bits per heavy atom. The maximum Gasteiger partial charge on any atom is 0.257 e. The molecule has 1 aliphatic rings. The molecule has 6 nitrogen and oxygen atoms in total. The molecule has 26 heavy (non-hydrogen) atoms. The minimum absolute atomic E-state index is 0.0170. The van der Waals surface area contributed by atoms with Crippen molar-refractivity contribution in [2.75, 3.05) is 6.54 Å². The van der Waals surface area contributed by atoms with E-state index in [9.17, 15) is 13.2 Å². The summed E-state index contributed by atoms with van der Waals surface area (Å²) in [5.41, 5.74) is 0.564. The van der Waals surface area contributed by atoms with Gasteiger partial charge in [0.15, 0.2) is 5.11 Å². The van der Waals surface area contributed by atoms with Crippen molar-refractivity contribution in [3.63, 3.8) is 0 Å². The average Bonchev–Trinajstić information content (AvgIpc) is 2.61. The van der Waals surface area contributed by atoms with Gasteiger partial charge in [-0.25, -0.2) is 13.1 Å². The van der Waals surface area contributed by atoms with Crippen LogP contribution in [0.4, 0.5) is 0 Å². The Morgan fingerprint density at radius 2 is 1.77 bits per heavy atom. The van der Waals surface area contributed by atoms with Crippen molar-refractivity contribution in [3.05, 3.63) is 35.9 Å². The minimum Gasteiger partial charge on any atom is -0.362 e. The molecule has 8 heteroatoms. The highest BCUT2D eigenvalue weighted by Gasteiger charge is 2.26. The summed E-state index contributed by atoms with van der Waals surface area (Å²) in [7, 11) is -3.21. The summed E-state index contributed by atoms with van der Waals surface area (Å²) in [6.45, 7) is 4.04. The molecule has 0 spiro atoms. The number of thiocarbonyl (C=S) groups is 1. The van der Waals surface area contributed by atoms with Gasteiger partial charge in [-0.15, -0.1) is 0 Å². The van der Waals surface area contributed by atoms with Gasteiger partial charge in [-0.1, -0.05) is 18.2 Å². The maximum absolute atomic E-state index is 12.0. The van der Waals surface area contributed by atoms with Crippen molar-refractivity contribution in [2.45, 2.75) is 50.8 Å². The molecule has 0 saturated heterocycles. The Bertz CT molecular complexity index is 712. The van der Waals surface area contributed by atoms with Gasteiger partial charge in [0, 0.05) is 18.2 Å². The summed E-state index contributed by atoms with van der Waals surface area (Å²) >= 11 is 5.19. The molecule has 1 aromatic carbocycles. The lowest BCUT2D eigenvalue weighted by molar-refractivity contribution is 0.0976. The van der Waals surface area contributed by atoms with Gasteiger partial charge in [-0.05, 0) is 69.8 Å². The van der Waals surface area contributed by atoms with Gasteiger partial charge >= 0.3 is 0 Å². The fourth-order valence-corrected chi connectivity index (χ4v) is 4.05. The SMILES string of the molecule is CC(C)S(=O)(=O)N[C@H]1CC[C@H](CNC(=S)NC(=O)c2ccccc2)CC1. The van der Waals surface area contributed by atoms with E-state index in [1.165, 1.54) is 0 Å². The highest BCUT2D eigenvalue weighted by Crippen LogP contribution is 2.24. The van der Waals surface area contributed by atoms with Gasteiger partial charge in [0.05, 0.1) is 5.25 Å². The molecule has 0 bridgehead atoms. The molecule has 1 amide bonds. The first-order chi connectivity index (χ1) is 12.3. The fourth-order valence-electron chi connectivity index (χ4n) is 2.90. The normalized spacial score (nSPS) is 20.6. The zero-order chi connectivity index (χ0) is 19.2. The van der Waals surface area contributed by atoms with E-state index in [4.69, 9.17) is 12.2 Å². The second-order valence-electron chi connectivity index (χ2n) is 6.96. The molecule has 0 radical (unpaired) electrons. The number of rotatable bonds is 6. The van der Waals surface area contributed by atoms with E-state index >= 15 is 0 Å². The molecule has 3 N–H and O–H groups in total. The van der Waals surface area contributed by atoms with Crippen LogP contribution < -0.4 is 15.4 Å². The first-order valence-electron chi connectivity index (χ1n) is 8.93. The lowest BCUT2D eigenvalue weighted by atomic mass is 9.86. The van der Waals surface area contributed by atoms with Crippen LogP contribution in [-0.2, 0) is 10.0 Å². The van der Waals surface area contributed by atoms with E-state index in [1.807, 2.05) is 6.07 Å². The highest BCUT2D eigenvalue weighted by molar-refractivity contribution is 7.90. The molecular weight excluding hydrogens is 370 g/mol. The van der Waals surface area contributed by atoms with Crippen LogP contribution in [0.2, 0.25) is 0 Å². The summed E-state index contributed by atoms with van der Waals surface area (Å²) < 4.78 is 26.7. The Labute approximate surface area is 161 Å². The van der Waals surface area contributed by atoms with Crippen LogP contribution in [0.5, 0.6) is 0 Å². The van der Waals surface area contributed by atoms with E-state index < -0.39 is 15.3 Å². The van der Waals surface area contributed by atoms with E-state index in [0.717, 1.165) is 25.7 Å². The predicted octanol–water partition coefficient (Wildman–Crippen LogP) is 2.18. The van der Waals surface area contributed by atoms with Crippen molar-refractivity contribution in [3.8, 4) is 0 Å². The average molecular weight is 398 g/mol. The zero-order valence-electron chi connectivity index (χ0n) is 15.2. The van der Waals surface area contributed by atoms with Crippen LogP contribution in [0, 0.1) is 5.92 Å². The number of carbonyl (C=O) groups excluding carboxylic acids is 1. The Kier molecular flexibility index (Phi) is 7.55. The van der Waals surface area contributed by atoms with Crippen molar-refractivity contribution < 1.29 is 13.2 Å². The van der Waals surface area contributed by atoms with Gasteiger partial charge in [0.1, 0.15) is 0 Å². The van der Waals surface area contributed by atoms with Gasteiger partial charge in [-0.3, -0.25) is 10.1 Å². The molecule has 0 heterocycles. The zero-order valence-corrected chi connectivity index (χ0v) is 16.8. The predicted molar refractivity (Wildman–Crippen MR) is 107 cm³/mol. The lowest BCUT2D eigenvalue weighted by Crippen LogP contribution is -2.44. The van der Waals surface area contributed by atoms with Crippen molar-refractivity contribution >= 4 is 33.3 Å². The second kappa shape index (κ2) is 9.43. The summed E-state index contributed by atoms with van der Waals surface area (Å²) in [6.07, 6.45) is 3.49. The summed E-state index contributed by atoms with van der Waals surface area (Å²) in [4.78, 5) is 12.0. The summed E-state index contributed by atoms with van der Waals surface area (Å²) in [5.74, 6) is 0.191. The summed E-state index contributed by atoms with van der Waals surface area (Å²) in [6, 6.07) is 8.94. The number of hydrogen-bond donors (Lipinski definition) is 3. The highest BCUT2D eigenvalue weighted by atomic mass is 32.2. The topological polar surface area (TPSA) is 87.3 Å². The van der Waals surface area contributed by atoms with Crippen LogP contribution in [-0.4, -0.2) is 37.3 Å². The number of benzene rings is 1.